The highest BCUT2D eigenvalue weighted by molar-refractivity contribution is 5.75. The fraction of sp³-hybridized carbons (Fsp3) is 0.706. The van der Waals surface area contributed by atoms with Gasteiger partial charge in [0, 0.05) is 0 Å². The van der Waals surface area contributed by atoms with Crippen LogP contribution in [0.15, 0.2) is 23.3 Å². The summed E-state index contributed by atoms with van der Waals surface area (Å²) >= 11 is 0. The Morgan fingerprint density at radius 1 is 1.11 bits per heavy atom. The lowest BCUT2D eigenvalue weighted by Gasteiger charge is -2.42. The Bertz CT molecular complexity index is 423. The minimum Gasteiger partial charge on any atom is -0.298 e. The van der Waals surface area contributed by atoms with Gasteiger partial charge in [-0.05, 0) is 46.7 Å². The summed E-state index contributed by atoms with van der Waals surface area (Å²) in [6, 6.07) is 0. The van der Waals surface area contributed by atoms with Gasteiger partial charge in [0.15, 0.2) is 0 Å². The first-order valence-corrected chi connectivity index (χ1v) is 7.09. The van der Waals surface area contributed by atoms with Crippen LogP contribution in [0.2, 0.25) is 0 Å². The Labute approximate surface area is 111 Å². The van der Waals surface area contributed by atoms with Gasteiger partial charge in [-0.2, -0.15) is 0 Å². The van der Waals surface area contributed by atoms with Crippen molar-refractivity contribution < 1.29 is 4.79 Å². The average Bonchev–Trinajstić information content (AvgIpc) is 2.52. The molecule has 0 amide bonds. The molecule has 0 bridgehead atoms. The molecule has 0 spiro atoms. The maximum atomic E-state index is 11.2. The quantitative estimate of drug-likeness (QED) is 0.646. The van der Waals surface area contributed by atoms with Crippen LogP contribution in [-0.4, -0.2) is 6.29 Å². The van der Waals surface area contributed by atoms with Gasteiger partial charge in [0.1, 0.15) is 6.29 Å². The van der Waals surface area contributed by atoms with E-state index >= 15 is 0 Å². The fourth-order valence-electron chi connectivity index (χ4n) is 3.72. The first-order chi connectivity index (χ1) is 8.20. The van der Waals surface area contributed by atoms with Crippen molar-refractivity contribution >= 4 is 6.29 Å². The second-order valence-corrected chi connectivity index (χ2v) is 7.67. The van der Waals surface area contributed by atoms with E-state index in [0.29, 0.717) is 5.41 Å². The summed E-state index contributed by atoms with van der Waals surface area (Å²) < 4.78 is 0. The van der Waals surface area contributed by atoms with Crippen LogP contribution in [0, 0.1) is 16.2 Å². The Balaban J connectivity index is 2.46. The molecule has 0 aromatic rings. The third kappa shape index (κ3) is 2.08. The Morgan fingerprint density at radius 2 is 1.78 bits per heavy atom. The number of rotatable bonds is 2. The number of carbonyl (C=O) groups excluding carboxylic acids is 1. The Kier molecular flexibility index (Phi) is 3.08. The van der Waals surface area contributed by atoms with Crippen molar-refractivity contribution in [2.75, 3.05) is 0 Å². The summed E-state index contributed by atoms with van der Waals surface area (Å²) in [5.74, 6) is 0. The molecule has 1 atom stereocenters. The maximum Gasteiger partial charge on any atom is 0.146 e. The van der Waals surface area contributed by atoms with Crippen LogP contribution in [0.4, 0.5) is 0 Å². The number of aldehydes is 1. The molecule has 0 saturated heterocycles. The minimum absolute atomic E-state index is 0.113. The monoisotopic (exact) mass is 246 g/mol. The smallest absolute Gasteiger partial charge is 0.146 e. The molecule has 1 nitrogen and oxygen atoms in total. The van der Waals surface area contributed by atoms with Gasteiger partial charge in [-0.15, -0.1) is 0 Å². The molecule has 0 aromatic heterocycles. The maximum absolute atomic E-state index is 11.2. The van der Waals surface area contributed by atoms with Crippen LogP contribution in [0.3, 0.4) is 0 Å². The molecule has 1 heteroatoms. The zero-order valence-corrected chi connectivity index (χ0v) is 12.5. The zero-order valence-electron chi connectivity index (χ0n) is 12.5. The van der Waals surface area contributed by atoms with Crippen molar-refractivity contribution in [1.29, 1.82) is 0 Å². The van der Waals surface area contributed by atoms with E-state index in [4.69, 9.17) is 0 Å². The number of carbonyl (C=O) groups is 1. The number of hydrogen-bond donors (Lipinski definition) is 0. The molecular weight excluding hydrogens is 220 g/mol. The van der Waals surface area contributed by atoms with Crippen molar-refractivity contribution in [1.82, 2.24) is 0 Å². The first-order valence-electron chi connectivity index (χ1n) is 7.09. The summed E-state index contributed by atoms with van der Waals surface area (Å²) in [4.78, 5) is 11.2. The van der Waals surface area contributed by atoms with E-state index in [9.17, 15) is 4.79 Å². The molecule has 100 valence electrons. The third-order valence-electron chi connectivity index (χ3n) is 5.31. The van der Waals surface area contributed by atoms with Crippen molar-refractivity contribution in [2.24, 2.45) is 16.2 Å². The normalized spacial score (nSPS) is 33.8. The summed E-state index contributed by atoms with van der Waals surface area (Å²) in [6.07, 6.45) is 10.3. The zero-order chi connectivity index (χ0) is 13.6. The number of hydrogen-bond acceptors (Lipinski definition) is 1. The standard InChI is InChI=1S/C17H26O/c1-15(2)10-13(12-18)9-14(11-15)17(5)8-6-7-16(17,3)4/h9,11-12H,6-8,10H2,1-5H3. The van der Waals surface area contributed by atoms with Gasteiger partial charge in [0.05, 0.1) is 0 Å². The summed E-state index contributed by atoms with van der Waals surface area (Å²) in [6.45, 7) is 11.6. The van der Waals surface area contributed by atoms with E-state index in [1.165, 1.54) is 24.8 Å². The first kappa shape index (κ1) is 13.6. The highest BCUT2D eigenvalue weighted by atomic mass is 16.1. The average molecular weight is 246 g/mol. The van der Waals surface area contributed by atoms with Crippen molar-refractivity contribution in [3.8, 4) is 0 Å². The van der Waals surface area contributed by atoms with Crippen LogP contribution in [0.5, 0.6) is 0 Å². The van der Waals surface area contributed by atoms with Crippen molar-refractivity contribution in [3.63, 3.8) is 0 Å². The SMILES string of the molecule is CC1(C)C=C(C2(C)CCCC2(C)C)C=C(C=O)C1. The van der Waals surface area contributed by atoms with Crippen LogP contribution < -0.4 is 0 Å². The van der Waals surface area contributed by atoms with Gasteiger partial charge in [-0.3, -0.25) is 4.79 Å². The van der Waals surface area contributed by atoms with Gasteiger partial charge in [0.2, 0.25) is 0 Å². The second kappa shape index (κ2) is 4.08. The van der Waals surface area contributed by atoms with Crippen molar-refractivity contribution in [3.05, 3.63) is 23.3 Å². The lowest BCUT2D eigenvalue weighted by Crippen LogP contribution is -2.33. The Hall–Kier alpha value is -0.850. The molecule has 0 radical (unpaired) electrons. The summed E-state index contributed by atoms with van der Waals surface area (Å²) in [5.41, 5.74) is 3.02. The predicted molar refractivity (Wildman–Crippen MR) is 76.4 cm³/mol. The van der Waals surface area contributed by atoms with Gasteiger partial charge < -0.3 is 0 Å². The second-order valence-electron chi connectivity index (χ2n) is 7.67. The van der Waals surface area contributed by atoms with E-state index < -0.39 is 0 Å². The predicted octanol–water partition coefficient (Wildman–Crippen LogP) is 4.68. The molecule has 2 aliphatic rings. The summed E-state index contributed by atoms with van der Waals surface area (Å²) in [5, 5.41) is 0. The van der Waals surface area contributed by atoms with E-state index in [1.54, 1.807) is 0 Å². The Morgan fingerprint density at radius 3 is 2.28 bits per heavy atom. The van der Waals surface area contributed by atoms with E-state index in [-0.39, 0.29) is 10.8 Å². The summed E-state index contributed by atoms with van der Waals surface area (Å²) in [7, 11) is 0. The van der Waals surface area contributed by atoms with Gasteiger partial charge in [0.25, 0.3) is 0 Å². The van der Waals surface area contributed by atoms with Crippen LogP contribution in [0.1, 0.15) is 60.3 Å². The van der Waals surface area contributed by atoms with Crippen LogP contribution in [0.25, 0.3) is 0 Å². The topological polar surface area (TPSA) is 17.1 Å². The minimum atomic E-state index is 0.113. The molecule has 2 rings (SSSR count). The molecule has 0 heterocycles. The van der Waals surface area contributed by atoms with Crippen LogP contribution >= 0.6 is 0 Å². The molecule has 0 aliphatic heterocycles. The highest BCUT2D eigenvalue weighted by Crippen LogP contribution is 2.58. The molecule has 1 fully saturated rings. The fourth-order valence-corrected chi connectivity index (χ4v) is 3.72. The van der Waals surface area contributed by atoms with Gasteiger partial charge >= 0.3 is 0 Å². The molecular formula is C17H26O. The molecule has 0 N–H and O–H groups in total. The van der Waals surface area contributed by atoms with Gasteiger partial charge in [-0.25, -0.2) is 0 Å². The molecule has 18 heavy (non-hydrogen) atoms. The van der Waals surface area contributed by atoms with Crippen molar-refractivity contribution in [2.45, 2.75) is 60.3 Å². The van der Waals surface area contributed by atoms with E-state index in [1.807, 2.05) is 0 Å². The molecule has 1 unspecified atom stereocenters. The lowest BCUT2D eigenvalue weighted by atomic mass is 9.62. The van der Waals surface area contributed by atoms with E-state index in [0.717, 1.165) is 18.3 Å². The molecule has 2 aliphatic carbocycles. The largest absolute Gasteiger partial charge is 0.298 e. The van der Waals surface area contributed by atoms with Gasteiger partial charge in [-0.1, -0.05) is 53.2 Å². The van der Waals surface area contributed by atoms with Crippen LogP contribution in [-0.2, 0) is 4.79 Å². The molecule has 1 saturated carbocycles. The third-order valence-corrected chi connectivity index (χ3v) is 5.31. The van der Waals surface area contributed by atoms with E-state index in [2.05, 4.69) is 46.8 Å². The number of allylic oxidation sites excluding steroid dienone is 4. The lowest BCUT2D eigenvalue weighted by molar-refractivity contribution is -0.105. The molecule has 0 aromatic carbocycles. The highest BCUT2D eigenvalue weighted by Gasteiger charge is 2.47.